The molecule has 0 aromatic heterocycles. The molecule has 58 valence electrons. The molecular weight excluding hydrogens is 170 g/mol. The largest absolute Gasteiger partial charge is 1.00 e. The van der Waals surface area contributed by atoms with Gasteiger partial charge in [0.2, 0.25) is 0 Å². The summed E-state index contributed by atoms with van der Waals surface area (Å²) in [6, 6.07) is 0. The Bertz CT molecular complexity index is 80.6. The van der Waals surface area contributed by atoms with Crippen LogP contribution < -0.4 is 29.6 Å². The molecule has 10 heavy (non-hydrogen) atoms. The van der Waals surface area contributed by atoms with Gasteiger partial charge in [-0.3, -0.25) is 0 Å². The molecule has 4 N–H and O–H groups in total. The Morgan fingerprint density at radius 1 is 1.40 bits per heavy atom. The van der Waals surface area contributed by atoms with Gasteiger partial charge >= 0.3 is 37.4 Å². The summed E-state index contributed by atoms with van der Waals surface area (Å²) in [5.74, 6) is 0. The maximum absolute atomic E-state index is 8.88. The summed E-state index contributed by atoms with van der Waals surface area (Å²) in [5.41, 5.74) is 0. The average molecular weight is 180 g/mol. The maximum atomic E-state index is 8.88. The van der Waals surface area contributed by atoms with Crippen molar-refractivity contribution in [2.75, 3.05) is 0 Å². The fourth-order valence-corrected chi connectivity index (χ4v) is 0. The molecule has 0 radical (unpaired) electrons. The Morgan fingerprint density at radius 3 is 1.50 bits per heavy atom. The van der Waals surface area contributed by atoms with Crippen LogP contribution in [0.3, 0.4) is 0 Å². The van der Waals surface area contributed by atoms with Crippen LogP contribution in [0.4, 0.5) is 0 Å². The monoisotopic (exact) mass is 180 g/mol. The predicted octanol–water partition coefficient (Wildman–Crippen LogP) is -2.99. The van der Waals surface area contributed by atoms with Crippen LogP contribution in [-0.2, 0) is 4.57 Å². The van der Waals surface area contributed by atoms with E-state index in [1.165, 1.54) is 0 Å². The second-order valence-corrected chi connectivity index (χ2v) is 2.13. The van der Waals surface area contributed by atoms with Gasteiger partial charge < -0.3 is 19.8 Å². The quantitative estimate of drug-likeness (QED) is 0.196. The summed E-state index contributed by atoms with van der Waals surface area (Å²) in [4.78, 5) is 21.6. The van der Waals surface area contributed by atoms with Gasteiger partial charge in [0.05, 0.1) is 0 Å². The van der Waals surface area contributed by atoms with Gasteiger partial charge in [0.15, 0.2) is 0 Å². The van der Waals surface area contributed by atoms with Gasteiger partial charge in [0.1, 0.15) is 0 Å². The summed E-state index contributed by atoms with van der Waals surface area (Å²) in [6.45, 7) is 3.00. The molecule has 0 aromatic carbocycles. The van der Waals surface area contributed by atoms with Crippen LogP contribution in [0.25, 0.3) is 0 Å². The van der Waals surface area contributed by atoms with Crippen molar-refractivity contribution in [1.82, 2.24) is 0 Å². The van der Waals surface area contributed by atoms with Crippen LogP contribution in [-0.4, -0.2) is 19.8 Å². The van der Waals surface area contributed by atoms with E-state index in [4.69, 9.17) is 24.4 Å². The third-order valence-electron chi connectivity index (χ3n) is 0.183. The zero-order valence-corrected chi connectivity index (χ0v) is 8.82. The third-order valence-corrected chi connectivity index (χ3v) is 0.183. The number of aliphatic hydroxyl groups is 1. The van der Waals surface area contributed by atoms with E-state index < -0.39 is 7.82 Å². The molecule has 0 heterocycles. The summed E-state index contributed by atoms with van der Waals surface area (Å²) in [6.07, 6.45) is 0.750. The first-order valence-corrected chi connectivity index (χ1v) is 3.72. The Morgan fingerprint density at radius 2 is 1.50 bits per heavy atom. The first-order valence-electron chi connectivity index (χ1n) is 2.16. The summed E-state index contributed by atoms with van der Waals surface area (Å²) >= 11 is 0. The van der Waals surface area contributed by atoms with Gasteiger partial charge in [-0.1, -0.05) is 6.92 Å². The zero-order chi connectivity index (χ0) is 7.91. The molecule has 0 fully saturated rings. The van der Waals surface area contributed by atoms with Crippen LogP contribution in [0, 0.1) is 6.61 Å². The fraction of sp³-hybridized carbons (Fsp3) is 0.667. The average Bonchev–Trinajstić information content (AvgIpc) is 1.61. The molecule has 0 bridgehead atoms. The molecule has 0 spiro atoms. The Labute approximate surface area is 81.6 Å². The predicted molar refractivity (Wildman–Crippen MR) is 30.8 cm³/mol. The van der Waals surface area contributed by atoms with E-state index in [2.05, 4.69) is 0 Å². The van der Waals surface area contributed by atoms with Crippen molar-refractivity contribution in [2.45, 2.75) is 13.3 Å². The SMILES string of the molecule is CC[CH-]O.O=P(O)(O)O.[Na+]. The van der Waals surface area contributed by atoms with Crippen LogP contribution >= 0.6 is 7.82 Å². The van der Waals surface area contributed by atoms with Gasteiger partial charge in [0, 0.05) is 0 Å². The molecule has 0 atom stereocenters. The summed E-state index contributed by atoms with van der Waals surface area (Å²) in [7, 11) is -4.64. The van der Waals surface area contributed by atoms with Crippen molar-refractivity contribution in [2.24, 2.45) is 0 Å². The number of phosphoric acid groups is 1. The second kappa shape index (κ2) is 10.1. The van der Waals surface area contributed by atoms with Gasteiger partial charge in [-0.05, 0) is 0 Å². The molecule has 5 nitrogen and oxygen atoms in total. The van der Waals surface area contributed by atoms with E-state index in [0.29, 0.717) is 0 Å². The number of hydrogen-bond donors (Lipinski definition) is 4. The standard InChI is InChI=1S/C3H7O.Na.H3O4P/c1-2-3-4;;1-5(2,3)4/h3-4H,2H2,1H3;;(H3,1,2,3,4)/q-1;+1;. The minimum Gasteiger partial charge on any atom is -0.566 e. The molecule has 0 saturated carbocycles. The van der Waals surface area contributed by atoms with Crippen molar-refractivity contribution < 1.29 is 53.9 Å². The van der Waals surface area contributed by atoms with E-state index in [0.717, 1.165) is 13.0 Å². The van der Waals surface area contributed by atoms with Crippen LogP contribution in [0.15, 0.2) is 0 Å². The van der Waals surface area contributed by atoms with Crippen molar-refractivity contribution in [3.8, 4) is 0 Å². The zero-order valence-electron chi connectivity index (χ0n) is 5.93. The van der Waals surface area contributed by atoms with E-state index in [1.807, 2.05) is 6.92 Å². The van der Waals surface area contributed by atoms with Crippen LogP contribution in [0.5, 0.6) is 0 Å². The molecule has 0 aliphatic carbocycles. The van der Waals surface area contributed by atoms with Crippen LogP contribution in [0.2, 0.25) is 0 Å². The second-order valence-electron chi connectivity index (χ2n) is 1.10. The van der Waals surface area contributed by atoms with E-state index in [1.54, 1.807) is 0 Å². The minimum absolute atomic E-state index is 0. The van der Waals surface area contributed by atoms with Gasteiger partial charge in [-0.15, -0.1) is 0 Å². The Hall–Kier alpha value is 1.07. The number of hydrogen-bond acceptors (Lipinski definition) is 2. The Kier molecular flexibility index (Phi) is 17.4. The summed E-state index contributed by atoms with van der Waals surface area (Å²) in [5, 5.41) is 7.75. The molecule has 0 amide bonds. The normalized spacial score (nSPS) is 8.90. The van der Waals surface area contributed by atoms with Gasteiger partial charge in [-0.2, -0.15) is 6.42 Å². The van der Waals surface area contributed by atoms with E-state index in [-0.39, 0.29) is 29.6 Å². The molecule has 0 aliphatic rings. The van der Waals surface area contributed by atoms with Gasteiger partial charge in [-0.25, -0.2) is 11.2 Å². The van der Waals surface area contributed by atoms with Crippen LogP contribution in [0.1, 0.15) is 13.3 Å². The Balaban J connectivity index is -0.0000000910. The van der Waals surface area contributed by atoms with Crippen molar-refractivity contribution in [3.05, 3.63) is 6.61 Å². The minimum atomic E-state index is -4.64. The molecule has 0 unspecified atom stereocenters. The molecular formula is C3H10NaO5P. The van der Waals surface area contributed by atoms with E-state index in [9.17, 15) is 0 Å². The molecule has 0 aliphatic heterocycles. The number of aliphatic hydroxyl groups excluding tert-OH is 1. The van der Waals surface area contributed by atoms with Crippen molar-refractivity contribution >= 4 is 7.82 Å². The fourth-order valence-electron chi connectivity index (χ4n) is 0. The first kappa shape index (κ1) is 17.2. The van der Waals surface area contributed by atoms with E-state index >= 15 is 0 Å². The first-order chi connectivity index (χ1) is 3.91. The molecule has 7 heteroatoms. The van der Waals surface area contributed by atoms with Crippen molar-refractivity contribution in [3.63, 3.8) is 0 Å². The smallest absolute Gasteiger partial charge is 0.566 e. The van der Waals surface area contributed by atoms with Crippen molar-refractivity contribution in [1.29, 1.82) is 0 Å². The molecule has 0 rings (SSSR count). The molecule has 0 aromatic rings. The topological polar surface area (TPSA) is 98.0 Å². The maximum Gasteiger partial charge on any atom is 1.00 e. The number of rotatable bonds is 1. The van der Waals surface area contributed by atoms with Gasteiger partial charge in [0.25, 0.3) is 0 Å². The molecule has 0 saturated heterocycles. The third kappa shape index (κ3) is 138. The summed E-state index contributed by atoms with van der Waals surface area (Å²) < 4.78 is 8.88.